The van der Waals surface area contributed by atoms with Crippen LogP contribution in [0.3, 0.4) is 0 Å². The third-order valence-corrected chi connectivity index (χ3v) is 8.15. The second-order valence-electron chi connectivity index (χ2n) is 10.7. The van der Waals surface area contributed by atoms with Gasteiger partial charge in [-0.2, -0.15) is 17.7 Å². The number of aryl methyl sites for hydroxylation is 1. The fraction of sp³-hybridized carbons (Fsp3) is 0.297. The van der Waals surface area contributed by atoms with Crippen LogP contribution in [0.25, 0.3) is 0 Å². The number of benzene rings is 3. The van der Waals surface area contributed by atoms with E-state index in [4.69, 9.17) is 18.7 Å². The van der Waals surface area contributed by atoms with Gasteiger partial charge in [-0.25, -0.2) is 4.74 Å². The van der Waals surface area contributed by atoms with Crippen LogP contribution in [0.2, 0.25) is 0 Å². The summed E-state index contributed by atoms with van der Waals surface area (Å²) in [4.78, 5) is 0. The average molecular weight is 854 g/mol. The van der Waals surface area contributed by atoms with Gasteiger partial charge in [-0.3, -0.25) is 0 Å². The molecule has 4 N–H and O–H groups in total. The normalized spacial score (nSPS) is 12.1. The summed E-state index contributed by atoms with van der Waals surface area (Å²) in [6, 6.07) is 21.1. The Labute approximate surface area is 295 Å². The van der Waals surface area contributed by atoms with Crippen LogP contribution >= 0.6 is 7.94 Å². The van der Waals surface area contributed by atoms with Gasteiger partial charge in [-0.1, -0.05) is 50.3 Å². The predicted molar refractivity (Wildman–Crippen MR) is 188 cm³/mol. The van der Waals surface area contributed by atoms with Crippen molar-refractivity contribution in [2.75, 3.05) is 19.5 Å². The molecule has 6 nitrogen and oxygen atoms in total. The topological polar surface area (TPSA) is 79.7 Å². The number of hydrogen-bond donors (Lipinski definition) is 2. The Morgan fingerprint density at radius 1 is 0.889 bits per heavy atom. The monoisotopic (exact) mass is 853 g/mol. The minimum Gasteiger partial charge on any atom is -0.523 e. The number of anilines is 1. The minimum atomic E-state index is -1.73. The summed E-state index contributed by atoms with van der Waals surface area (Å²) in [5, 5.41) is 3.46. The average Bonchev–Trinajstić information content (AvgIpc) is 2.99. The SMILES string of the molecule is C=CCc1cc[c-]c(OC)c1.C=CCc1ccc(O[PH](=NC(C)Nc2ccc(CC=C)cc2OC)C([NH3+])=CC(C)C)c(C)c1.[U]. The smallest absolute Gasteiger partial charge is 0.204 e. The number of rotatable bonds is 15. The Morgan fingerprint density at radius 3 is 2.04 bits per heavy atom. The molecule has 0 aliphatic carbocycles. The van der Waals surface area contributed by atoms with E-state index in [0.29, 0.717) is 5.92 Å². The number of methoxy groups -OCH3 is 2. The molecular weight excluding hydrogens is 803 g/mol. The Morgan fingerprint density at radius 2 is 1.49 bits per heavy atom. The van der Waals surface area contributed by atoms with Crippen molar-refractivity contribution in [3.05, 3.63) is 132 Å². The van der Waals surface area contributed by atoms with Crippen molar-refractivity contribution in [3.63, 3.8) is 0 Å². The molecule has 2 atom stereocenters. The molecular formula is C37H50N3O3PU. The molecule has 0 spiro atoms. The number of quaternary nitrogens is 1. The van der Waals surface area contributed by atoms with Crippen LogP contribution in [-0.2, 0) is 19.3 Å². The van der Waals surface area contributed by atoms with Gasteiger partial charge in [0.15, 0.2) is 5.44 Å². The first-order chi connectivity index (χ1) is 21.1. The fourth-order valence-electron chi connectivity index (χ4n) is 4.35. The Hall–Kier alpha value is -2.94. The molecule has 0 amide bonds. The number of nitrogens with zero attached hydrogens (tertiary/aromatic N) is 1. The molecule has 0 radical (unpaired) electrons. The maximum Gasteiger partial charge on any atom is 0.204 e. The van der Waals surface area contributed by atoms with Crippen LogP contribution in [0.15, 0.2) is 109 Å². The van der Waals surface area contributed by atoms with Crippen molar-refractivity contribution < 1.29 is 50.8 Å². The zero-order valence-corrected chi connectivity index (χ0v) is 32.9. The molecule has 3 rings (SSSR count). The van der Waals surface area contributed by atoms with Crippen LogP contribution < -0.4 is 25.0 Å². The summed E-state index contributed by atoms with van der Waals surface area (Å²) >= 11 is 0. The number of nitrogens with one attached hydrogen (secondary N) is 1. The van der Waals surface area contributed by atoms with E-state index in [0.717, 1.165) is 58.8 Å². The summed E-state index contributed by atoms with van der Waals surface area (Å²) in [6.07, 6.45) is 10.1. The molecule has 240 valence electrons. The van der Waals surface area contributed by atoms with Crippen molar-refractivity contribution in [2.45, 2.75) is 53.1 Å². The molecule has 3 aromatic carbocycles. The molecule has 45 heavy (non-hydrogen) atoms. The van der Waals surface area contributed by atoms with E-state index < -0.39 is 7.94 Å². The van der Waals surface area contributed by atoms with E-state index in [2.05, 4.69) is 81.9 Å². The van der Waals surface area contributed by atoms with Gasteiger partial charge in [0.1, 0.15) is 17.7 Å². The summed E-state index contributed by atoms with van der Waals surface area (Å²) in [6.45, 7) is 19.6. The van der Waals surface area contributed by atoms with E-state index in [1.54, 1.807) is 14.2 Å². The zero-order chi connectivity index (χ0) is 32.5. The van der Waals surface area contributed by atoms with Crippen LogP contribution in [0, 0.1) is 50.0 Å². The molecule has 0 fully saturated rings. The molecule has 2 unspecified atom stereocenters. The van der Waals surface area contributed by atoms with E-state index in [1.807, 2.05) is 61.5 Å². The molecule has 0 saturated heterocycles. The summed E-state index contributed by atoms with van der Waals surface area (Å²) in [5.74, 6) is 2.78. The van der Waals surface area contributed by atoms with Gasteiger partial charge in [0.25, 0.3) is 0 Å². The standard InChI is InChI=1S/C27H38N3O2P.C10H11O.U/c1-8-10-22-13-15-25(20(5)17-22)32-33(27(28)16-19(3)4)30-21(6)29-24-14-12-23(11-9-2)18-26(24)31-7;1-3-5-9-6-4-7-10(8-9)11-2;/h8-9,12-19,21,29,33H,1-2,10-11,28H2,3-7H3;3-4,6,8H,1,5H2,2H3;/q;-1;/p+1. The van der Waals surface area contributed by atoms with Gasteiger partial charge in [-0.15, -0.1) is 31.9 Å². The van der Waals surface area contributed by atoms with Gasteiger partial charge in [-0.05, 0) is 80.0 Å². The zero-order valence-electron chi connectivity index (χ0n) is 27.8. The summed E-state index contributed by atoms with van der Waals surface area (Å²) < 4.78 is 22.1. The molecule has 0 saturated carbocycles. The number of hydrogen-bond acceptors (Lipinski definition) is 5. The van der Waals surface area contributed by atoms with Crippen molar-refractivity contribution in [3.8, 4) is 17.2 Å². The second kappa shape index (κ2) is 21.7. The Balaban J connectivity index is 0.000000710. The first-order valence-corrected chi connectivity index (χ1v) is 16.2. The summed E-state index contributed by atoms with van der Waals surface area (Å²) in [5.41, 5.74) is 10.8. The molecule has 8 heteroatoms. The molecule has 0 bridgehead atoms. The first kappa shape index (κ1) is 40.1. The third kappa shape index (κ3) is 14.4. The van der Waals surface area contributed by atoms with E-state index in [-0.39, 0.29) is 37.3 Å². The van der Waals surface area contributed by atoms with E-state index >= 15 is 0 Å². The maximum absolute atomic E-state index is 6.45. The molecule has 0 heterocycles. The number of ether oxygens (including phenoxy) is 2. The molecule has 0 aliphatic heterocycles. The van der Waals surface area contributed by atoms with Crippen LogP contribution in [0.4, 0.5) is 5.69 Å². The Bertz CT molecular complexity index is 1450. The first-order valence-electron chi connectivity index (χ1n) is 14.8. The second-order valence-corrected chi connectivity index (χ2v) is 12.4. The fourth-order valence-corrected chi connectivity index (χ4v) is 6.03. The maximum atomic E-state index is 6.45. The van der Waals surface area contributed by atoms with Crippen LogP contribution in [-0.4, -0.2) is 20.4 Å². The van der Waals surface area contributed by atoms with Crippen molar-refractivity contribution in [2.24, 2.45) is 10.7 Å². The van der Waals surface area contributed by atoms with Crippen LogP contribution in [0.5, 0.6) is 17.2 Å². The molecule has 3 aromatic rings. The quantitative estimate of drug-likeness (QED) is 0.0913. The third-order valence-electron chi connectivity index (χ3n) is 6.40. The largest absolute Gasteiger partial charge is 0.523 e. The van der Waals surface area contributed by atoms with Gasteiger partial charge < -0.3 is 25.0 Å². The van der Waals surface area contributed by atoms with Gasteiger partial charge in [0.05, 0.1) is 19.9 Å². The minimum absolute atomic E-state index is 0. The van der Waals surface area contributed by atoms with Crippen LogP contribution in [0.1, 0.15) is 43.0 Å². The number of allylic oxidation sites excluding steroid dienone is 4. The molecule has 0 aromatic heterocycles. The Kier molecular flexibility index (Phi) is 19.4. The summed E-state index contributed by atoms with van der Waals surface area (Å²) in [7, 11) is 1.59. The van der Waals surface area contributed by atoms with Gasteiger partial charge in [0, 0.05) is 36.9 Å². The van der Waals surface area contributed by atoms with Gasteiger partial charge in [0.2, 0.25) is 7.94 Å². The van der Waals surface area contributed by atoms with Gasteiger partial charge >= 0.3 is 0 Å². The predicted octanol–water partition coefficient (Wildman–Crippen LogP) is 8.57. The van der Waals surface area contributed by atoms with Crippen molar-refractivity contribution in [1.29, 1.82) is 0 Å². The van der Waals surface area contributed by atoms with Crippen molar-refractivity contribution in [1.82, 2.24) is 0 Å². The van der Waals surface area contributed by atoms with E-state index in [9.17, 15) is 0 Å². The molecule has 0 aliphatic rings. The van der Waals surface area contributed by atoms with Crippen molar-refractivity contribution >= 4 is 13.6 Å². The van der Waals surface area contributed by atoms with E-state index in [1.165, 1.54) is 11.1 Å².